The minimum absolute atomic E-state index is 0.0262. The lowest BCUT2D eigenvalue weighted by Crippen LogP contribution is -2.25. The fourth-order valence-electron chi connectivity index (χ4n) is 10.1. The number of benzene rings is 3. The molecule has 0 saturated carbocycles. The Bertz CT molecular complexity index is 4790. The fraction of sp³-hybridized carbons (Fsp3) is 0.123. The van der Waals surface area contributed by atoms with Gasteiger partial charge in [-0.3, -0.25) is 14.4 Å². The van der Waals surface area contributed by atoms with Gasteiger partial charge < -0.3 is 35.6 Å². The molecular weight excluding hydrogens is 1260 g/mol. The van der Waals surface area contributed by atoms with Crippen molar-refractivity contribution in [3.8, 4) is 22.3 Å². The number of hydrogen-bond acceptors (Lipinski definition) is 16. The number of ether oxygens (including phenoxy) is 1. The van der Waals surface area contributed by atoms with E-state index < -0.39 is 86.3 Å². The number of allylic oxidation sites excluding steroid dienone is 1. The predicted octanol–water partition coefficient (Wildman–Crippen LogP) is 13.6. The van der Waals surface area contributed by atoms with Crippen LogP contribution in [0.1, 0.15) is 29.0 Å². The molecule has 1 aliphatic rings. The minimum atomic E-state index is -0.878. The van der Waals surface area contributed by atoms with Gasteiger partial charge in [0.2, 0.25) is 0 Å². The highest BCUT2D eigenvalue weighted by molar-refractivity contribution is 7.80. The second-order valence-electron chi connectivity index (χ2n) is 20.3. The van der Waals surface area contributed by atoms with Crippen LogP contribution in [0.3, 0.4) is 0 Å². The highest BCUT2D eigenvalue weighted by atomic mass is 32.1. The van der Waals surface area contributed by atoms with E-state index in [9.17, 15) is 53.9 Å². The lowest BCUT2D eigenvalue weighted by Gasteiger charge is -2.25. The third-order valence-corrected chi connectivity index (χ3v) is 14.5. The summed E-state index contributed by atoms with van der Waals surface area (Å²) in [5.41, 5.74) is 13.6. The second kappa shape index (κ2) is 29.8. The highest BCUT2D eigenvalue weighted by Crippen LogP contribution is 2.40. The van der Waals surface area contributed by atoms with Gasteiger partial charge in [-0.25, -0.2) is 69.4 Å². The molecule has 1 aliphatic carbocycles. The highest BCUT2D eigenvalue weighted by Gasteiger charge is 2.33. The van der Waals surface area contributed by atoms with E-state index in [1.165, 1.54) is 101 Å². The van der Waals surface area contributed by atoms with Gasteiger partial charge in [0.05, 0.1) is 70.0 Å². The van der Waals surface area contributed by atoms with Crippen molar-refractivity contribution in [1.29, 1.82) is 0 Å². The van der Waals surface area contributed by atoms with Crippen molar-refractivity contribution in [3.63, 3.8) is 0 Å². The van der Waals surface area contributed by atoms with Gasteiger partial charge in [-0.2, -0.15) is 12.6 Å². The molecule has 8 aromatic heterocycles. The number of carbonyl (C=O) groups is 1. The zero-order valence-electron chi connectivity index (χ0n) is 48.6. The Labute approximate surface area is 531 Å². The number of pyridine rings is 8. The molecule has 29 heteroatoms. The molecule has 0 radical (unpaired) electrons. The maximum absolute atomic E-state index is 14.4. The molecule has 8 heterocycles. The zero-order valence-corrected chi connectivity index (χ0v) is 49.5. The molecule has 0 aliphatic heterocycles. The molecule has 0 amide bonds. The first-order valence-corrected chi connectivity index (χ1v) is 28.8. The van der Waals surface area contributed by atoms with Gasteiger partial charge in [0.25, 0.3) is 11.1 Å². The lowest BCUT2D eigenvalue weighted by atomic mass is 9.78. The summed E-state index contributed by atoms with van der Waals surface area (Å²) in [5, 5.41) is 13.1. The van der Waals surface area contributed by atoms with Crippen LogP contribution in [-0.4, -0.2) is 70.5 Å². The number of anilines is 6. The average molecular weight is 1310 g/mol. The number of Topliss-reactive ketones (excluding diaryl/α,β-unsaturated/α-hetero) is 1. The third-order valence-electron chi connectivity index (χ3n) is 14.3. The first-order valence-electron chi connectivity index (χ1n) is 28.1. The van der Waals surface area contributed by atoms with Gasteiger partial charge in [-0.1, -0.05) is 23.3 Å². The van der Waals surface area contributed by atoms with Crippen LogP contribution in [-0.2, 0) is 22.6 Å². The second-order valence-corrected chi connectivity index (χ2v) is 20.5. The molecule has 12 rings (SSSR count). The van der Waals surface area contributed by atoms with E-state index in [-0.39, 0.29) is 61.0 Å². The van der Waals surface area contributed by atoms with Crippen molar-refractivity contribution in [1.82, 2.24) is 39.0 Å². The van der Waals surface area contributed by atoms with E-state index in [0.717, 1.165) is 55.0 Å². The lowest BCUT2D eigenvalue weighted by molar-refractivity contribution is -0.115. The first-order chi connectivity index (χ1) is 45.4. The summed E-state index contributed by atoms with van der Waals surface area (Å²) in [6.45, 7) is 0.415. The summed E-state index contributed by atoms with van der Waals surface area (Å²) >= 11 is 3.99. The summed E-state index contributed by atoms with van der Waals surface area (Å²) in [6, 6.07) is 25.8. The fourth-order valence-corrected chi connectivity index (χ4v) is 10.2. The molecule has 1 atom stereocenters. The van der Waals surface area contributed by atoms with E-state index in [1.54, 1.807) is 18.2 Å². The zero-order chi connectivity index (χ0) is 66.6. The molecule has 0 fully saturated rings. The molecule has 0 bridgehead atoms. The smallest absolute Gasteiger partial charge is 0.259 e. The standard InChI is InChI=1S/C22H17F3N4O2S.C22H17F3N4O.C21H14F3N7O/c23-14-4-5-19(27-11-14)28-20-9-18-13(10-26-20)8-15(21-16(24)2-1-3-17(21)25)22(30)29(18)6-7-31-12-32;23-13-4-5-19(28-11-13)29-20-9-15-12(10-27-20)8-16(22(30)14(15)6-7-26)21-17(24)2-1-3-18(21)25;22-13-4-5-18(27-11-13)29-19-9-17-12(10-26-19)8-14(20-15(23)2-1-3-16(20)24)21(32)31(17)7-6-28-30-25/h1-5,8-11,32H,6-7,12H2,(H,26,27,28);1-5,8-11,14H,6-7,26H2,(H,27,28,29);1-5,8-11H,6-7H2,(H,26,27,29). The van der Waals surface area contributed by atoms with E-state index in [2.05, 4.69) is 68.5 Å². The Hall–Kier alpha value is -11.3. The maximum atomic E-state index is 14.4. The van der Waals surface area contributed by atoms with Gasteiger partial charge in [-0.05, 0) is 127 Å². The van der Waals surface area contributed by atoms with Crippen molar-refractivity contribution in [2.45, 2.75) is 25.4 Å². The van der Waals surface area contributed by atoms with Gasteiger partial charge >= 0.3 is 0 Å². The topological polar surface area (TPSA) is 259 Å². The Kier molecular flexibility index (Phi) is 20.8. The normalized spacial score (nSPS) is 12.4. The molecule has 1 unspecified atom stereocenters. The summed E-state index contributed by atoms with van der Waals surface area (Å²) in [7, 11) is 0. The van der Waals surface area contributed by atoms with Crippen molar-refractivity contribution < 1.29 is 49.0 Å². The predicted molar refractivity (Wildman–Crippen MR) is 339 cm³/mol. The number of nitrogens with two attached hydrogens (primary N) is 1. The van der Waals surface area contributed by atoms with Crippen molar-refractivity contribution in [2.24, 2.45) is 10.8 Å². The van der Waals surface area contributed by atoms with Crippen LogP contribution in [0.15, 0.2) is 173 Å². The Morgan fingerprint density at radius 3 is 1.36 bits per heavy atom. The van der Waals surface area contributed by atoms with Crippen molar-refractivity contribution in [2.75, 3.05) is 41.6 Å². The van der Waals surface area contributed by atoms with Gasteiger partial charge in [0, 0.05) is 77.5 Å². The summed E-state index contributed by atoms with van der Waals surface area (Å²) in [4.78, 5) is 66.8. The molecule has 11 aromatic rings. The van der Waals surface area contributed by atoms with E-state index in [0.29, 0.717) is 74.3 Å². The molecule has 3 aromatic carbocycles. The Morgan fingerprint density at radius 2 is 0.947 bits per heavy atom. The minimum Gasteiger partial charge on any atom is -0.369 e. The largest absolute Gasteiger partial charge is 0.369 e. The van der Waals surface area contributed by atoms with E-state index in [1.807, 2.05) is 0 Å². The summed E-state index contributed by atoms with van der Waals surface area (Å²) in [5.74, 6) is -5.30. The number of nitrogens with zero attached hydrogens (tertiary/aromatic N) is 11. The number of azide groups is 1. The summed E-state index contributed by atoms with van der Waals surface area (Å²) in [6.07, 6.45) is 9.31. The maximum Gasteiger partial charge on any atom is 0.259 e. The molecule has 94 heavy (non-hydrogen) atoms. The number of aromatic nitrogens is 8. The quantitative estimate of drug-likeness (QED) is 0.0102. The number of rotatable bonds is 18. The molecule has 5 N–H and O–H groups in total. The Morgan fingerprint density at radius 1 is 0.532 bits per heavy atom. The van der Waals surface area contributed by atoms with Gasteiger partial charge in [-0.15, -0.1) is 0 Å². The Balaban J connectivity index is 0.000000154. The third kappa shape index (κ3) is 15.0. The number of halogens is 9. The SMILES string of the molecule is NCCC1C(=O)C(c2c(F)cccc2F)=Cc2cnc(Nc3ccc(F)cn3)cc21.O=c1c(-c2c(F)cccc2F)cc2cnc(Nc3ccc(F)cn3)cc2n1CCOCS.[N-]=[N+]=NCCn1c(=O)c(-c2c(F)cccc2F)cc2cnc(Nc3ccc(F)cn3)cc21. The van der Waals surface area contributed by atoms with Crippen molar-refractivity contribution >= 4 is 86.8 Å². The van der Waals surface area contributed by atoms with Crippen LogP contribution in [0, 0.1) is 52.4 Å². The van der Waals surface area contributed by atoms with Crippen LogP contribution in [0.5, 0.6) is 0 Å². The molecule has 0 saturated heterocycles. The van der Waals surface area contributed by atoms with Gasteiger partial charge in [0.1, 0.15) is 87.3 Å². The number of ketones is 1. The first kappa shape index (κ1) is 65.7. The number of fused-ring (bicyclic) bond motifs is 3. The molecule has 476 valence electrons. The van der Waals surface area contributed by atoms with Crippen molar-refractivity contribution in [3.05, 3.63) is 259 Å². The van der Waals surface area contributed by atoms with E-state index in [4.69, 9.17) is 16.0 Å². The molecule has 19 nitrogen and oxygen atoms in total. The van der Waals surface area contributed by atoms with Gasteiger partial charge in [0.15, 0.2) is 5.78 Å². The van der Waals surface area contributed by atoms with Crippen LogP contribution in [0.4, 0.5) is 74.4 Å². The monoisotopic (exact) mass is 1310 g/mol. The number of nitrogens with one attached hydrogen (secondary N) is 3. The summed E-state index contributed by atoms with van der Waals surface area (Å²) < 4.78 is 133. The van der Waals surface area contributed by atoms with Crippen LogP contribution in [0.2, 0.25) is 0 Å². The molecule has 0 spiro atoms. The van der Waals surface area contributed by atoms with Crippen LogP contribution < -0.4 is 32.8 Å². The van der Waals surface area contributed by atoms with E-state index >= 15 is 0 Å². The van der Waals surface area contributed by atoms with Crippen LogP contribution in [0.25, 0.3) is 66.2 Å². The number of hydrogen-bond donors (Lipinski definition) is 5. The molecular formula is C65H48F9N15O4S. The average Bonchev–Trinajstić information content (AvgIpc) is 0.779. The number of carbonyl (C=O) groups excluding carboxylic acids is 1. The number of thiol groups is 1. The van der Waals surface area contributed by atoms with Crippen LogP contribution >= 0.6 is 12.6 Å².